The Morgan fingerprint density at radius 1 is 1.31 bits per heavy atom. The zero-order valence-electron chi connectivity index (χ0n) is 10.6. The van der Waals surface area contributed by atoms with E-state index in [9.17, 15) is 0 Å². The Bertz CT molecular complexity index is 316. The van der Waals surface area contributed by atoms with Crippen LogP contribution in [0, 0.1) is 6.92 Å². The molecule has 1 heterocycles. The summed E-state index contributed by atoms with van der Waals surface area (Å²) in [5.74, 6) is 0.924. The molecule has 0 aliphatic rings. The fraction of sp³-hybridized carbons (Fsp3) is 0.667. The van der Waals surface area contributed by atoms with E-state index in [4.69, 9.17) is 0 Å². The molecule has 4 heteroatoms. The SMILES string of the molecule is CCC(CC)(CNc1cc(C)ncn1)SC. The first-order chi connectivity index (χ1) is 7.65. The quantitative estimate of drug-likeness (QED) is 0.827. The van der Waals surface area contributed by atoms with Gasteiger partial charge in [0.2, 0.25) is 0 Å². The Morgan fingerprint density at radius 2 is 2.00 bits per heavy atom. The van der Waals surface area contributed by atoms with Gasteiger partial charge in [0, 0.05) is 23.1 Å². The van der Waals surface area contributed by atoms with E-state index in [2.05, 4.69) is 35.4 Å². The number of aromatic nitrogens is 2. The van der Waals surface area contributed by atoms with Crippen LogP contribution in [0.4, 0.5) is 5.82 Å². The highest BCUT2D eigenvalue weighted by Crippen LogP contribution is 2.30. The molecule has 0 bridgehead atoms. The van der Waals surface area contributed by atoms with Gasteiger partial charge < -0.3 is 5.32 Å². The van der Waals surface area contributed by atoms with Crippen molar-refractivity contribution in [3.63, 3.8) is 0 Å². The first-order valence-corrected chi connectivity index (χ1v) is 6.96. The summed E-state index contributed by atoms with van der Waals surface area (Å²) >= 11 is 1.93. The van der Waals surface area contributed by atoms with Crippen molar-refractivity contribution in [3.8, 4) is 0 Å². The Labute approximate surface area is 102 Å². The second-order valence-electron chi connectivity index (χ2n) is 3.99. The number of nitrogens with one attached hydrogen (secondary N) is 1. The molecule has 1 N–H and O–H groups in total. The van der Waals surface area contributed by atoms with E-state index < -0.39 is 0 Å². The minimum absolute atomic E-state index is 0.318. The zero-order valence-corrected chi connectivity index (χ0v) is 11.4. The summed E-state index contributed by atoms with van der Waals surface area (Å²) in [6, 6.07) is 1.98. The minimum Gasteiger partial charge on any atom is -0.369 e. The third-order valence-corrected chi connectivity index (χ3v) is 4.70. The summed E-state index contributed by atoms with van der Waals surface area (Å²) in [5, 5.41) is 3.41. The lowest BCUT2D eigenvalue weighted by atomic mass is 10.0. The van der Waals surface area contributed by atoms with Crippen LogP contribution >= 0.6 is 11.8 Å². The van der Waals surface area contributed by atoms with Gasteiger partial charge in [-0.3, -0.25) is 0 Å². The van der Waals surface area contributed by atoms with Crippen LogP contribution in [0.15, 0.2) is 12.4 Å². The first kappa shape index (κ1) is 13.3. The van der Waals surface area contributed by atoms with Gasteiger partial charge in [0.05, 0.1) is 0 Å². The van der Waals surface area contributed by atoms with Gasteiger partial charge in [0.15, 0.2) is 0 Å². The van der Waals surface area contributed by atoms with Crippen molar-refractivity contribution in [1.29, 1.82) is 0 Å². The van der Waals surface area contributed by atoms with E-state index in [1.807, 2.05) is 24.8 Å². The van der Waals surface area contributed by atoms with E-state index in [1.165, 1.54) is 12.8 Å². The van der Waals surface area contributed by atoms with Crippen LogP contribution in [0.25, 0.3) is 0 Å². The molecule has 0 aromatic carbocycles. The van der Waals surface area contributed by atoms with Crippen LogP contribution in [-0.4, -0.2) is 27.5 Å². The first-order valence-electron chi connectivity index (χ1n) is 5.73. The van der Waals surface area contributed by atoms with E-state index in [0.29, 0.717) is 4.75 Å². The Hall–Kier alpha value is -0.770. The van der Waals surface area contributed by atoms with Crippen LogP contribution in [0.1, 0.15) is 32.4 Å². The molecule has 0 radical (unpaired) electrons. The van der Waals surface area contributed by atoms with E-state index >= 15 is 0 Å². The summed E-state index contributed by atoms with van der Waals surface area (Å²) in [6.07, 6.45) is 6.12. The molecule has 0 saturated heterocycles. The number of nitrogens with zero attached hydrogens (tertiary/aromatic N) is 2. The fourth-order valence-electron chi connectivity index (χ4n) is 1.66. The maximum atomic E-state index is 4.21. The maximum Gasteiger partial charge on any atom is 0.129 e. The molecule has 0 fully saturated rings. The van der Waals surface area contributed by atoms with Crippen LogP contribution in [0.3, 0.4) is 0 Å². The molecule has 1 aromatic rings. The van der Waals surface area contributed by atoms with E-state index in [-0.39, 0.29) is 0 Å². The standard InChI is InChI=1S/C12H21N3S/c1-5-12(6-2,16-4)8-13-11-7-10(3)14-9-15-11/h7,9H,5-6,8H2,1-4H3,(H,13,14,15). The largest absolute Gasteiger partial charge is 0.369 e. The summed E-state index contributed by atoms with van der Waals surface area (Å²) < 4.78 is 0.318. The van der Waals surface area contributed by atoms with Gasteiger partial charge in [-0.05, 0) is 26.0 Å². The third kappa shape index (κ3) is 3.37. The number of thioether (sulfide) groups is 1. The fourth-order valence-corrected chi connectivity index (χ4v) is 2.46. The normalized spacial score (nSPS) is 11.5. The summed E-state index contributed by atoms with van der Waals surface area (Å²) in [4.78, 5) is 8.30. The van der Waals surface area contributed by atoms with Crippen molar-refractivity contribution in [2.75, 3.05) is 18.1 Å². The molecule has 0 aliphatic carbocycles. The molecule has 0 spiro atoms. The Morgan fingerprint density at radius 3 is 2.50 bits per heavy atom. The van der Waals surface area contributed by atoms with Gasteiger partial charge >= 0.3 is 0 Å². The molecule has 90 valence electrons. The highest BCUT2D eigenvalue weighted by atomic mass is 32.2. The lowest BCUT2D eigenvalue weighted by Crippen LogP contribution is -2.32. The van der Waals surface area contributed by atoms with Gasteiger partial charge in [-0.1, -0.05) is 13.8 Å². The summed E-state index contributed by atoms with van der Waals surface area (Å²) in [5.41, 5.74) is 1.00. The molecule has 0 amide bonds. The van der Waals surface area contributed by atoms with Crippen molar-refractivity contribution in [1.82, 2.24) is 9.97 Å². The number of hydrogen-bond acceptors (Lipinski definition) is 4. The van der Waals surface area contributed by atoms with Crippen LogP contribution in [0.5, 0.6) is 0 Å². The molecule has 0 saturated carbocycles. The maximum absolute atomic E-state index is 4.21. The molecule has 0 aliphatic heterocycles. The number of rotatable bonds is 6. The monoisotopic (exact) mass is 239 g/mol. The van der Waals surface area contributed by atoms with Crippen LogP contribution in [0.2, 0.25) is 0 Å². The molecule has 0 atom stereocenters. The molecule has 16 heavy (non-hydrogen) atoms. The molecular formula is C12H21N3S. The van der Waals surface area contributed by atoms with Gasteiger partial charge in [-0.15, -0.1) is 0 Å². The smallest absolute Gasteiger partial charge is 0.129 e. The predicted molar refractivity (Wildman–Crippen MR) is 72.1 cm³/mol. The van der Waals surface area contributed by atoms with Crippen molar-refractivity contribution in [3.05, 3.63) is 18.1 Å². The summed E-state index contributed by atoms with van der Waals surface area (Å²) in [6.45, 7) is 7.42. The average molecular weight is 239 g/mol. The average Bonchev–Trinajstić information content (AvgIpc) is 2.32. The number of hydrogen-bond donors (Lipinski definition) is 1. The predicted octanol–water partition coefficient (Wildman–Crippen LogP) is 3.12. The zero-order chi connectivity index (χ0) is 12.0. The van der Waals surface area contributed by atoms with Crippen LogP contribution in [-0.2, 0) is 0 Å². The highest BCUT2D eigenvalue weighted by molar-refractivity contribution is 8.00. The van der Waals surface area contributed by atoms with Crippen molar-refractivity contribution in [2.45, 2.75) is 38.4 Å². The molecular weight excluding hydrogens is 218 g/mol. The van der Waals surface area contributed by atoms with Gasteiger partial charge in [-0.25, -0.2) is 9.97 Å². The number of anilines is 1. The Kier molecular flexibility index (Phi) is 5.06. The van der Waals surface area contributed by atoms with E-state index in [1.54, 1.807) is 6.33 Å². The van der Waals surface area contributed by atoms with Gasteiger partial charge in [0.1, 0.15) is 12.1 Å². The second kappa shape index (κ2) is 6.09. The lowest BCUT2D eigenvalue weighted by molar-refractivity contribution is 0.574. The van der Waals surface area contributed by atoms with Crippen molar-refractivity contribution >= 4 is 17.6 Å². The molecule has 1 aromatic heterocycles. The summed E-state index contributed by atoms with van der Waals surface area (Å²) in [7, 11) is 0. The van der Waals surface area contributed by atoms with Crippen molar-refractivity contribution < 1.29 is 0 Å². The lowest BCUT2D eigenvalue weighted by Gasteiger charge is -2.30. The minimum atomic E-state index is 0.318. The topological polar surface area (TPSA) is 37.8 Å². The molecule has 3 nitrogen and oxygen atoms in total. The molecule has 1 rings (SSSR count). The highest BCUT2D eigenvalue weighted by Gasteiger charge is 2.24. The molecule has 0 unspecified atom stereocenters. The Balaban J connectivity index is 2.62. The third-order valence-electron chi connectivity index (χ3n) is 3.12. The van der Waals surface area contributed by atoms with Gasteiger partial charge in [0.25, 0.3) is 0 Å². The number of aryl methyl sites for hydroxylation is 1. The van der Waals surface area contributed by atoms with Crippen molar-refractivity contribution in [2.24, 2.45) is 0 Å². The second-order valence-corrected chi connectivity index (χ2v) is 5.27. The van der Waals surface area contributed by atoms with Crippen LogP contribution < -0.4 is 5.32 Å². The van der Waals surface area contributed by atoms with E-state index in [0.717, 1.165) is 18.1 Å². The van der Waals surface area contributed by atoms with Gasteiger partial charge in [-0.2, -0.15) is 11.8 Å².